The van der Waals surface area contributed by atoms with E-state index in [4.69, 9.17) is 14.6 Å². The number of ether oxygens (including phenoxy) is 2. The van der Waals surface area contributed by atoms with Crippen molar-refractivity contribution < 1.29 is 19.4 Å². The predicted octanol–water partition coefficient (Wildman–Crippen LogP) is 5.68. The fraction of sp³-hybridized carbons (Fsp3) is 0.400. The molecule has 1 aliphatic rings. The Labute approximate surface area is 177 Å². The molecule has 0 aliphatic heterocycles. The van der Waals surface area contributed by atoms with Crippen LogP contribution in [0.4, 0.5) is 0 Å². The second kappa shape index (κ2) is 8.82. The van der Waals surface area contributed by atoms with Crippen molar-refractivity contribution >= 4 is 16.9 Å². The molecule has 1 aromatic heterocycles. The van der Waals surface area contributed by atoms with E-state index in [0.717, 1.165) is 41.8 Å². The molecule has 5 heteroatoms. The van der Waals surface area contributed by atoms with Crippen LogP contribution >= 0.6 is 0 Å². The maximum absolute atomic E-state index is 11.1. The number of nitrogens with zero attached hydrogens (tertiary/aromatic N) is 1. The molecule has 0 radical (unpaired) electrons. The van der Waals surface area contributed by atoms with Crippen LogP contribution in [0.25, 0.3) is 22.0 Å². The topological polar surface area (TPSA) is 60.7 Å². The van der Waals surface area contributed by atoms with Gasteiger partial charge in [-0.1, -0.05) is 6.07 Å². The summed E-state index contributed by atoms with van der Waals surface area (Å²) in [6.07, 6.45) is 7.34. The number of carboxylic acids is 1. The lowest BCUT2D eigenvalue weighted by atomic mass is 9.98. The lowest BCUT2D eigenvalue weighted by molar-refractivity contribution is -0.136. The van der Waals surface area contributed by atoms with Crippen LogP contribution in [0, 0.1) is 0 Å². The number of aromatic nitrogens is 1. The van der Waals surface area contributed by atoms with Gasteiger partial charge in [0, 0.05) is 35.6 Å². The molecule has 0 unspecified atom stereocenters. The molecule has 1 N–H and O–H groups in total. The fourth-order valence-electron chi connectivity index (χ4n) is 4.36. The van der Waals surface area contributed by atoms with Crippen molar-refractivity contribution in [1.29, 1.82) is 0 Å². The number of hydrogen-bond acceptors (Lipinski definition) is 3. The molecule has 5 nitrogen and oxygen atoms in total. The van der Waals surface area contributed by atoms with Crippen LogP contribution in [0.15, 0.2) is 42.6 Å². The maximum Gasteiger partial charge on any atom is 0.303 e. The summed E-state index contributed by atoms with van der Waals surface area (Å²) in [6, 6.07) is 12.6. The van der Waals surface area contributed by atoms with Crippen molar-refractivity contribution in [2.75, 3.05) is 7.11 Å². The van der Waals surface area contributed by atoms with Gasteiger partial charge in [-0.3, -0.25) is 4.79 Å². The van der Waals surface area contributed by atoms with Gasteiger partial charge in [-0.25, -0.2) is 0 Å². The van der Waals surface area contributed by atoms with Crippen LogP contribution in [-0.2, 0) is 17.8 Å². The second-order valence-electron chi connectivity index (χ2n) is 7.97. The van der Waals surface area contributed by atoms with Crippen molar-refractivity contribution in [3.05, 3.63) is 48.2 Å². The third-order valence-corrected chi connectivity index (χ3v) is 5.97. The van der Waals surface area contributed by atoms with Gasteiger partial charge in [0.25, 0.3) is 0 Å². The molecule has 1 heterocycles. The Morgan fingerprint density at radius 2 is 1.97 bits per heavy atom. The van der Waals surface area contributed by atoms with E-state index in [9.17, 15) is 4.79 Å². The summed E-state index contributed by atoms with van der Waals surface area (Å²) in [5.41, 5.74) is 4.16. The van der Waals surface area contributed by atoms with Crippen molar-refractivity contribution in [3.8, 4) is 22.6 Å². The highest BCUT2D eigenvalue weighted by molar-refractivity contribution is 5.87. The monoisotopic (exact) mass is 407 g/mol. The number of methoxy groups -OCH3 is 1. The summed E-state index contributed by atoms with van der Waals surface area (Å²) < 4.78 is 14.4. The first-order chi connectivity index (χ1) is 14.6. The van der Waals surface area contributed by atoms with Gasteiger partial charge < -0.3 is 19.1 Å². The van der Waals surface area contributed by atoms with Gasteiger partial charge in [0.2, 0.25) is 0 Å². The Balaban J connectivity index is 1.81. The molecule has 0 saturated heterocycles. The van der Waals surface area contributed by atoms with E-state index in [-0.39, 0.29) is 12.5 Å². The number of fused-ring (bicyclic) bond motifs is 1. The largest absolute Gasteiger partial charge is 0.493 e. The Bertz CT molecular complexity index is 1050. The molecule has 0 spiro atoms. The lowest BCUT2D eigenvalue weighted by Crippen LogP contribution is -2.12. The van der Waals surface area contributed by atoms with E-state index < -0.39 is 5.97 Å². The number of benzene rings is 2. The highest BCUT2D eigenvalue weighted by Gasteiger charge is 2.22. The van der Waals surface area contributed by atoms with Gasteiger partial charge in [-0.15, -0.1) is 0 Å². The van der Waals surface area contributed by atoms with Crippen molar-refractivity contribution in [3.63, 3.8) is 0 Å². The maximum atomic E-state index is 11.1. The summed E-state index contributed by atoms with van der Waals surface area (Å²) in [7, 11) is 1.64. The van der Waals surface area contributed by atoms with E-state index in [2.05, 4.69) is 48.0 Å². The Morgan fingerprint density at radius 3 is 2.67 bits per heavy atom. The molecule has 158 valence electrons. The third-order valence-electron chi connectivity index (χ3n) is 5.97. The minimum Gasteiger partial charge on any atom is -0.493 e. The van der Waals surface area contributed by atoms with Gasteiger partial charge in [0.15, 0.2) is 11.5 Å². The minimum atomic E-state index is -0.802. The predicted molar refractivity (Wildman–Crippen MR) is 118 cm³/mol. The first-order valence-electron chi connectivity index (χ1n) is 10.8. The first-order valence-corrected chi connectivity index (χ1v) is 10.8. The van der Waals surface area contributed by atoms with Gasteiger partial charge in [0.1, 0.15) is 0 Å². The van der Waals surface area contributed by atoms with Crippen molar-refractivity contribution in [1.82, 2.24) is 4.57 Å². The Hall–Kier alpha value is -2.95. The van der Waals surface area contributed by atoms with Crippen LogP contribution in [-0.4, -0.2) is 28.9 Å². The zero-order valence-corrected chi connectivity index (χ0v) is 17.7. The summed E-state index contributed by atoms with van der Waals surface area (Å²) >= 11 is 0. The van der Waals surface area contributed by atoms with E-state index in [0.29, 0.717) is 12.2 Å². The Kier molecular flexibility index (Phi) is 5.98. The smallest absolute Gasteiger partial charge is 0.303 e. The molecule has 1 fully saturated rings. The van der Waals surface area contributed by atoms with Crippen LogP contribution in [0.5, 0.6) is 11.5 Å². The molecule has 3 aromatic rings. The van der Waals surface area contributed by atoms with Crippen LogP contribution < -0.4 is 9.47 Å². The number of aliphatic carboxylic acids is 1. The first kappa shape index (κ1) is 20.3. The van der Waals surface area contributed by atoms with E-state index >= 15 is 0 Å². The van der Waals surface area contributed by atoms with E-state index in [1.54, 1.807) is 7.11 Å². The molecular formula is C25H29NO4. The van der Waals surface area contributed by atoms with Gasteiger partial charge in [-0.2, -0.15) is 0 Å². The molecular weight excluding hydrogens is 378 g/mol. The quantitative estimate of drug-likeness (QED) is 0.522. The molecule has 0 amide bonds. The van der Waals surface area contributed by atoms with Crippen LogP contribution in [0.3, 0.4) is 0 Å². The normalized spacial score (nSPS) is 14.3. The molecule has 1 aliphatic carbocycles. The zero-order valence-electron chi connectivity index (χ0n) is 17.7. The number of carboxylic acid groups (broad SMARTS) is 1. The van der Waals surface area contributed by atoms with Gasteiger partial charge in [-0.05, 0) is 80.5 Å². The molecule has 30 heavy (non-hydrogen) atoms. The van der Waals surface area contributed by atoms with Gasteiger partial charge in [0.05, 0.1) is 13.2 Å². The Morgan fingerprint density at radius 1 is 1.17 bits per heavy atom. The molecule has 2 aromatic carbocycles. The standard InChI is InChI=1S/C25H29NO4/c1-3-26-13-12-19-16-18(9-10-22(19)26)21-14-17(8-11-24(27)28)15-23(29-2)25(21)30-20-6-4-5-7-20/h9-10,12-16,20H,3-8,11H2,1-2H3,(H,27,28). The highest BCUT2D eigenvalue weighted by atomic mass is 16.5. The molecule has 1 saturated carbocycles. The number of aryl methyl sites for hydroxylation is 2. The van der Waals surface area contributed by atoms with Crippen molar-refractivity contribution in [2.24, 2.45) is 0 Å². The average Bonchev–Trinajstić information content (AvgIpc) is 3.41. The SMILES string of the molecule is CCn1ccc2cc(-c3cc(CCC(=O)O)cc(OC)c3OC3CCCC3)ccc21. The number of carbonyl (C=O) groups is 1. The second-order valence-corrected chi connectivity index (χ2v) is 7.97. The summed E-state index contributed by atoms with van der Waals surface area (Å²) in [6.45, 7) is 3.06. The number of hydrogen-bond donors (Lipinski definition) is 1. The summed E-state index contributed by atoms with van der Waals surface area (Å²) in [5.74, 6) is 0.632. The highest BCUT2D eigenvalue weighted by Crippen LogP contribution is 2.42. The average molecular weight is 408 g/mol. The number of rotatable bonds is 8. The summed E-state index contributed by atoms with van der Waals surface area (Å²) in [4.78, 5) is 11.1. The molecule has 0 bridgehead atoms. The van der Waals surface area contributed by atoms with Crippen LogP contribution in [0.2, 0.25) is 0 Å². The minimum absolute atomic E-state index is 0.0871. The zero-order chi connectivity index (χ0) is 21.1. The van der Waals surface area contributed by atoms with Crippen LogP contribution in [0.1, 0.15) is 44.6 Å². The van der Waals surface area contributed by atoms with E-state index in [1.807, 2.05) is 6.07 Å². The lowest BCUT2D eigenvalue weighted by Gasteiger charge is -2.21. The van der Waals surface area contributed by atoms with E-state index in [1.165, 1.54) is 23.7 Å². The fourth-order valence-corrected chi connectivity index (χ4v) is 4.36. The molecule has 4 rings (SSSR count). The summed E-state index contributed by atoms with van der Waals surface area (Å²) in [5, 5.41) is 10.3. The third kappa shape index (κ3) is 4.16. The van der Waals surface area contributed by atoms with Crippen molar-refractivity contribution in [2.45, 2.75) is 58.1 Å². The van der Waals surface area contributed by atoms with Gasteiger partial charge >= 0.3 is 5.97 Å². The molecule has 0 atom stereocenters.